The summed E-state index contributed by atoms with van der Waals surface area (Å²) in [5.41, 5.74) is -0.700. The van der Waals surface area contributed by atoms with E-state index in [0.717, 1.165) is 32.5 Å². The summed E-state index contributed by atoms with van der Waals surface area (Å²) in [6.45, 7) is 5.55. The Morgan fingerprint density at radius 3 is 2.26 bits per heavy atom. The van der Waals surface area contributed by atoms with Crippen LogP contribution in [0.3, 0.4) is 0 Å². The lowest BCUT2D eigenvalue weighted by Crippen LogP contribution is -2.61. The normalized spacial score (nSPS) is 25.3. The summed E-state index contributed by atoms with van der Waals surface area (Å²) in [4.78, 5) is 14.2. The van der Waals surface area contributed by atoms with E-state index in [0.29, 0.717) is 12.5 Å². The lowest BCUT2D eigenvalue weighted by Gasteiger charge is -2.36. The zero-order chi connectivity index (χ0) is 13.7. The van der Waals surface area contributed by atoms with E-state index >= 15 is 0 Å². The number of carboxylic acids is 1. The van der Waals surface area contributed by atoms with Gasteiger partial charge in [0.25, 0.3) is 0 Å². The molecule has 0 aromatic rings. The van der Waals surface area contributed by atoms with Crippen LogP contribution in [0.2, 0.25) is 0 Å². The number of likely N-dealkylation sites (N-methyl/N-ethyl adjacent to an activating group) is 1. The summed E-state index contributed by atoms with van der Waals surface area (Å²) < 4.78 is 0. The topological polar surface area (TPSA) is 52.6 Å². The van der Waals surface area contributed by atoms with Crippen molar-refractivity contribution in [3.8, 4) is 0 Å². The molecule has 2 fully saturated rings. The molecular formula is C15H28N2O2. The van der Waals surface area contributed by atoms with E-state index in [1.807, 2.05) is 6.92 Å². The Bertz CT molecular complexity index is 297. The third-order valence-corrected chi connectivity index (χ3v) is 4.57. The van der Waals surface area contributed by atoms with Crippen molar-refractivity contribution < 1.29 is 9.90 Å². The fourth-order valence-corrected chi connectivity index (χ4v) is 3.36. The van der Waals surface area contributed by atoms with E-state index in [1.165, 1.54) is 32.1 Å². The summed E-state index contributed by atoms with van der Waals surface area (Å²) in [5, 5.41) is 13.0. The molecule has 1 aliphatic carbocycles. The Balaban J connectivity index is 2.02. The van der Waals surface area contributed by atoms with E-state index in [9.17, 15) is 9.90 Å². The fraction of sp³-hybridized carbons (Fsp3) is 0.933. The van der Waals surface area contributed by atoms with E-state index in [-0.39, 0.29) is 0 Å². The molecule has 2 N–H and O–H groups in total. The Kier molecular flexibility index (Phi) is 5.22. The van der Waals surface area contributed by atoms with E-state index in [2.05, 4.69) is 10.2 Å². The van der Waals surface area contributed by atoms with Gasteiger partial charge in [0.15, 0.2) is 0 Å². The molecule has 2 aliphatic rings. The van der Waals surface area contributed by atoms with Crippen LogP contribution in [0.15, 0.2) is 0 Å². The van der Waals surface area contributed by atoms with Gasteiger partial charge in [0, 0.05) is 6.54 Å². The minimum absolute atomic E-state index is 0.329. The summed E-state index contributed by atoms with van der Waals surface area (Å²) in [5.74, 6) is -0.325. The first-order valence-electron chi connectivity index (χ1n) is 7.90. The largest absolute Gasteiger partial charge is 0.480 e. The van der Waals surface area contributed by atoms with Crippen LogP contribution in [-0.2, 0) is 4.79 Å². The van der Waals surface area contributed by atoms with Crippen molar-refractivity contribution in [2.45, 2.75) is 57.4 Å². The van der Waals surface area contributed by atoms with Gasteiger partial charge in [-0.3, -0.25) is 4.79 Å². The molecule has 0 aromatic carbocycles. The second-order valence-corrected chi connectivity index (χ2v) is 6.13. The van der Waals surface area contributed by atoms with Crippen molar-refractivity contribution in [2.24, 2.45) is 5.92 Å². The van der Waals surface area contributed by atoms with Crippen LogP contribution in [0.5, 0.6) is 0 Å². The predicted molar refractivity (Wildman–Crippen MR) is 76.3 cm³/mol. The summed E-state index contributed by atoms with van der Waals surface area (Å²) in [6, 6.07) is 0. The van der Waals surface area contributed by atoms with Gasteiger partial charge in [-0.25, -0.2) is 0 Å². The number of nitrogens with one attached hydrogen (secondary N) is 1. The maximum atomic E-state index is 11.8. The molecule has 0 bridgehead atoms. The number of likely N-dealkylation sites (tertiary alicyclic amines) is 1. The summed E-state index contributed by atoms with van der Waals surface area (Å²) in [7, 11) is 0. The zero-order valence-corrected chi connectivity index (χ0v) is 12.2. The standard InChI is InChI=1S/C15H28N2O2/c1-2-16-15(14(18)19,13-8-9-13)12-17-10-6-4-3-5-7-11-17/h13,16H,2-12H2,1H3,(H,18,19). The lowest BCUT2D eigenvalue weighted by molar-refractivity contribution is -0.147. The van der Waals surface area contributed by atoms with Gasteiger partial charge in [0.2, 0.25) is 0 Å². The molecule has 4 nitrogen and oxygen atoms in total. The van der Waals surface area contributed by atoms with Gasteiger partial charge >= 0.3 is 5.97 Å². The highest BCUT2D eigenvalue weighted by molar-refractivity contribution is 5.80. The van der Waals surface area contributed by atoms with Crippen LogP contribution >= 0.6 is 0 Å². The molecule has 1 heterocycles. The van der Waals surface area contributed by atoms with Gasteiger partial charge in [0.1, 0.15) is 5.54 Å². The van der Waals surface area contributed by atoms with E-state index in [1.54, 1.807) is 0 Å². The molecule has 19 heavy (non-hydrogen) atoms. The molecule has 0 radical (unpaired) electrons. The second-order valence-electron chi connectivity index (χ2n) is 6.13. The highest BCUT2D eigenvalue weighted by Gasteiger charge is 2.51. The van der Waals surface area contributed by atoms with Gasteiger partial charge in [-0.2, -0.15) is 0 Å². The first kappa shape index (κ1) is 14.8. The van der Waals surface area contributed by atoms with Crippen LogP contribution < -0.4 is 5.32 Å². The quantitative estimate of drug-likeness (QED) is 0.774. The molecule has 0 aromatic heterocycles. The van der Waals surface area contributed by atoms with Crippen molar-refractivity contribution >= 4 is 5.97 Å². The lowest BCUT2D eigenvalue weighted by atomic mass is 9.91. The third kappa shape index (κ3) is 3.69. The molecule has 2 rings (SSSR count). The van der Waals surface area contributed by atoms with Crippen molar-refractivity contribution in [1.29, 1.82) is 0 Å². The van der Waals surface area contributed by atoms with Gasteiger partial charge in [-0.15, -0.1) is 0 Å². The predicted octanol–water partition coefficient (Wildman–Crippen LogP) is 2.10. The number of carboxylic acid groups (broad SMARTS) is 1. The fourth-order valence-electron chi connectivity index (χ4n) is 3.36. The van der Waals surface area contributed by atoms with Crippen molar-refractivity contribution in [3.05, 3.63) is 0 Å². The number of nitrogens with zero attached hydrogens (tertiary/aromatic N) is 1. The van der Waals surface area contributed by atoms with Crippen LogP contribution in [0.1, 0.15) is 51.9 Å². The number of hydrogen-bond acceptors (Lipinski definition) is 3. The van der Waals surface area contributed by atoms with Gasteiger partial charge in [0.05, 0.1) is 0 Å². The minimum atomic E-state index is -0.700. The van der Waals surface area contributed by atoms with Crippen LogP contribution in [0.4, 0.5) is 0 Å². The molecule has 0 amide bonds. The summed E-state index contributed by atoms with van der Waals surface area (Å²) in [6.07, 6.45) is 8.48. The first-order chi connectivity index (χ1) is 9.19. The second kappa shape index (κ2) is 6.71. The summed E-state index contributed by atoms with van der Waals surface area (Å²) >= 11 is 0. The first-order valence-corrected chi connectivity index (χ1v) is 7.90. The van der Waals surface area contributed by atoms with Gasteiger partial charge < -0.3 is 15.3 Å². The molecule has 4 heteroatoms. The van der Waals surface area contributed by atoms with Gasteiger partial charge in [-0.05, 0) is 51.2 Å². The van der Waals surface area contributed by atoms with E-state index < -0.39 is 11.5 Å². The monoisotopic (exact) mass is 268 g/mol. The van der Waals surface area contributed by atoms with Crippen LogP contribution in [-0.4, -0.2) is 47.7 Å². The SMILES string of the molecule is CCNC(CN1CCCCCCC1)(C(=O)O)C1CC1. The van der Waals surface area contributed by atoms with Crippen LogP contribution in [0.25, 0.3) is 0 Å². The number of rotatable bonds is 6. The van der Waals surface area contributed by atoms with E-state index in [4.69, 9.17) is 0 Å². The molecule has 1 unspecified atom stereocenters. The molecule has 1 aliphatic heterocycles. The number of aliphatic carboxylic acids is 1. The third-order valence-electron chi connectivity index (χ3n) is 4.57. The van der Waals surface area contributed by atoms with Crippen molar-refractivity contribution in [1.82, 2.24) is 10.2 Å². The van der Waals surface area contributed by atoms with Crippen LogP contribution in [0, 0.1) is 5.92 Å². The molecule has 1 saturated heterocycles. The number of hydrogen-bond donors (Lipinski definition) is 2. The Hall–Kier alpha value is -0.610. The Morgan fingerprint density at radius 1 is 1.21 bits per heavy atom. The molecule has 1 atom stereocenters. The average molecular weight is 268 g/mol. The minimum Gasteiger partial charge on any atom is -0.480 e. The molecule has 110 valence electrons. The molecular weight excluding hydrogens is 240 g/mol. The molecule has 0 spiro atoms. The van der Waals surface area contributed by atoms with Crippen molar-refractivity contribution in [2.75, 3.05) is 26.2 Å². The maximum absolute atomic E-state index is 11.8. The van der Waals surface area contributed by atoms with Crippen molar-refractivity contribution in [3.63, 3.8) is 0 Å². The van der Waals surface area contributed by atoms with Gasteiger partial charge in [-0.1, -0.05) is 26.2 Å². The number of carbonyl (C=O) groups is 1. The maximum Gasteiger partial charge on any atom is 0.325 e. The highest BCUT2D eigenvalue weighted by Crippen LogP contribution is 2.40. The highest BCUT2D eigenvalue weighted by atomic mass is 16.4. The Morgan fingerprint density at radius 2 is 1.79 bits per heavy atom. The molecule has 1 saturated carbocycles. The average Bonchev–Trinajstić information content (AvgIpc) is 3.15. The zero-order valence-electron chi connectivity index (χ0n) is 12.2. The smallest absolute Gasteiger partial charge is 0.325 e. The Labute approximate surface area is 116 Å².